The zero-order chi connectivity index (χ0) is 23.5. The molecule has 0 amide bonds. The highest BCUT2D eigenvalue weighted by atomic mass is 32.1. The van der Waals surface area contributed by atoms with Gasteiger partial charge in [-0.1, -0.05) is 101 Å². The fourth-order valence-electron chi connectivity index (χ4n) is 5.13. The van der Waals surface area contributed by atoms with Crippen LogP contribution in [0.1, 0.15) is 67.3 Å². The lowest BCUT2D eigenvalue weighted by atomic mass is 9.79. The highest BCUT2D eigenvalue weighted by Crippen LogP contribution is 2.45. The smallest absolute Gasteiger partial charge is 0.197 e. The lowest BCUT2D eigenvalue weighted by Gasteiger charge is -2.28. The van der Waals surface area contributed by atoms with Crippen molar-refractivity contribution in [1.29, 1.82) is 0 Å². The zero-order valence-electron chi connectivity index (χ0n) is 20.6. The molecule has 0 aliphatic carbocycles. The van der Waals surface area contributed by atoms with Gasteiger partial charge in [0.05, 0.1) is 6.72 Å². The van der Waals surface area contributed by atoms with Gasteiger partial charge in [-0.3, -0.25) is 4.58 Å². The molecule has 1 nitrogen and oxygen atoms in total. The summed E-state index contributed by atoms with van der Waals surface area (Å²) < 4.78 is 3.43. The van der Waals surface area contributed by atoms with Crippen molar-refractivity contribution in [1.82, 2.24) is 0 Å². The van der Waals surface area contributed by atoms with Crippen LogP contribution in [0.25, 0.3) is 26.9 Å². The predicted molar refractivity (Wildman–Crippen MR) is 146 cm³/mol. The number of nitrogens with zero attached hydrogens (tertiary/aromatic N) is 1. The van der Waals surface area contributed by atoms with Crippen LogP contribution in [-0.2, 0) is 11.8 Å². The van der Waals surface area contributed by atoms with E-state index in [0.717, 1.165) is 6.42 Å². The summed E-state index contributed by atoms with van der Waals surface area (Å²) in [7, 11) is 0. The molecular weight excluding hydrogens is 418 g/mol. The van der Waals surface area contributed by atoms with Crippen LogP contribution in [0.2, 0.25) is 0 Å². The summed E-state index contributed by atoms with van der Waals surface area (Å²) in [6.07, 6.45) is 5.47. The Kier molecular flexibility index (Phi) is 5.25. The third kappa shape index (κ3) is 3.71. The molecule has 0 saturated heterocycles. The summed E-state index contributed by atoms with van der Waals surface area (Å²) in [5.41, 5.74) is 6.79. The van der Waals surface area contributed by atoms with Crippen molar-refractivity contribution in [3.8, 4) is 0 Å². The molecule has 0 N–H and O–H groups in total. The van der Waals surface area contributed by atoms with Crippen LogP contribution in [0, 0.1) is 18.9 Å². The van der Waals surface area contributed by atoms with E-state index in [-0.39, 0.29) is 5.41 Å². The number of hydrogen-bond donors (Lipinski definition) is 0. The van der Waals surface area contributed by atoms with Crippen LogP contribution in [0.15, 0.2) is 54.7 Å². The van der Waals surface area contributed by atoms with Gasteiger partial charge in [0, 0.05) is 0 Å². The van der Waals surface area contributed by atoms with Gasteiger partial charge in [0.15, 0.2) is 15.6 Å². The van der Waals surface area contributed by atoms with Gasteiger partial charge in [-0.05, 0) is 39.3 Å². The van der Waals surface area contributed by atoms with Crippen molar-refractivity contribution < 1.29 is 4.58 Å². The van der Waals surface area contributed by atoms with Crippen molar-refractivity contribution in [2.24, 2.45) is 5.92 Å². The monoisotopic (exact) mass is 451 g/mol. The van der Waals surface area contributed by atoms with E-state index >= 15 is 0 Å². The lowest BCUT2D eigenvalue weighted by Crippen LogP contribution is -2.20. The molecular formula is C31H33NS. The second-order valence-corrected chi connectivity index (χ2v) is 11.9. The second-order valence-electron chi connectivity index (χ2n) is 10.8. The maximum Gasteiger partial charge on any atom is 0.197 e. The molecule has 0 fully saturated rings. The van der Waals surface area contributed by atoms with E-state index < -0.39 is 0 Å². The average Bonchev–Trinajstić information content (AvgIpc) is 3.11. The largest absolute Gasteiger partial charge is 0.257 e. The van der Waals surface area contributed by atoms with Crippen molar-refractivity contribution in [2.75, 3.05) is 0 Å². The minimum Gasteiger partial charge on any atom is -0.257 e. The third-order valence-corrected chi connectivity index (χ3v) is 7.91. The van der Waals surface area contributed by atoms with E-state index in [4.69, 9.17) is 0 Å². The first-order valence-electron chi connectivity index (χ1n) is 11.9. The molecule has 4 aromatic rings. The van der Waals surface area contributed by atoms with Gasteiger partial charge in [0.1, 0.15) is 17.5 Å². The Morgan fingerprint density at radius 1 is 1.06 bits per heavy atom. The van der Waals surface area contributed by atoms with Crippen molar-refractivity contribution in [3.05, 3.63) is 93.5 Å². The Balaban J connectivity index is 1.75. The van der Waals surface area contributed by atoms with E-state index in [9.17, 15) is 0 Å². The summed E-state index contributed by atoms with van der Waals surface area (Å²) in [4.78, 5) is 1.32. The highest BCUT2D eigenvalue weighted by Gasteiger charge is 2.34. The van der Waals surface area contributed by atoms with Crippen LogP contribution in [-0.4, -0.2) is 11.3 Å². The molecule has 0 atom stereocenters. The maximum absolute atomic E-state index is 4.41. The van der Waals surface area contributed by atoms with Crippen molar-refractivity contribution in [3.63, 3.8) is 0 Å². The van der Waals surface area contributed by atoms with E-state index in [0.29, 0.717) is 5.92 Å². The van der Waals surface area contributed by atoms with Gasteiger partial charge in [-0.2, -0.15) is 0 Å². The Hall–Kier alpha value is -2.84. The summed E-state index contributed by atoms with van der Waals surface area (Å²) in [6, 6.07) is 19.5. The standard InChI is InChI=1S/C31H33NS/c1-19(2)16-21-12-13-24-25-14-15-32(7)29(30(25)33-28(24)17-21)26-18-27(31(4,5)6)23-11-9-8-10-22(23)20(26)3/h8-15,17-19H,7,16H2,1-6H3. The third-order valence-electron chi connectivity index (χ3n) is 6.74. The first-order valence-corrected chi connectivity index (χ1v) is 12.7. The van der Waals surface area contributed by atoms with Crippen LogP contribution in [0.5, 0.6) is 0 Å². The highest BCUT2D eigenvalue weighted by molar-refractivity contribution is 7.19. The normalized spacial score (nSPS) is 14.0. The molecule has 0 radical (unpaired) electrons. The van der Waals surface area contributed by atoms with Gasteiger partial charge >= 0.3 is 0 Å². The Morgan fingerprint density at radius 3 is 2.48 bits per heavy atom. The molecule has 0 spiro atoms. The van der Waals surface area contributed by atoms with E-state index in [2.05, 4.69) is 114 Å². The van der Waals surface area contributed by atoms with Crippen LogP contribution < -0.4 is 0 Å². The summed E-state index contributed by atoms with van der Waals surface area (Å²) >= 11 is 1.91. The van der Waals surface area contributed by atoms with E-state index in [1.807, 2.05) is 11.3 Å². The fraction of sp³-hybridized carbons (Fsp3) is 0.290. The Morgan fingerprint density at radius 2 is 1.79 bits per heavy atom. The van der Waals surface area contributed by atoms with E-state index in [1.165, 1.54) is 59.6 Å². The van der Waals surface area contributed by atoms with Crippen molar-refractivity contribution >= 4 is 45.0 Å². The second kappa shape index (κ2) is 7.88. The molecule has 168 valence electrons. The number of rotatable bonds is 3. The van der Waals surface area contributed by atoms with Crippen LogP contribution in [0.3, 0.4) is 0 Å². The molecule has 0 unspecified atom stereocenters. The first-order chi connectivity index (χ1) is 15.6. The van der Waals surface area contributed by atoms with Gasteiger partial charge in [0.2, 0.25) is 0 Å². The SMILES string of the molecule is C=[N+]1C=Cc2c([s+][c-]3cc(CC(C)C)ccc23)[C-]1c1cc(C(C)(C)C)c2ccccc2c1C. The van der Waals surface area contributed by atoms with Gasteiger partial charge in [-0.25, -0.2) is 0 Å². The Bertz CT molecular complexity index is 1430. The predicted octanol–water partition coefficient (Wildman–Crippen LogP) is 8.48. The molecule has 2 heterocycles. The molecule has 0 saturated carbocycles. The summed E-state index contributed by atoms with van der Waals surface area (Å²) in [5.74, 6) is 0.658. The molecule has 3 aromatic carbocycles. The average molecular weight is 452 g/mol. The Labute approximate surface area is 202 Å². The molecule has 1 aliphatic rings. The minimum atomic E-state index is 0.0495. The molecule has 2 heteroatoms. The fourth-order valence-corrected chi connectivity index (χ4v) is 6.46. The van der Waals surface area contributed by atoms with Gasteiger partial charge in [0.25, 0.3) is 0 Å². The number of aryl methyl sites for hydroxylation is 1. The van der Waals surface area contributed by atoms with Crippen LogP contribution in [0.4, 0.5) is 0 Å². The van der Waals surface area contributed by atoms with Gasteiger partial charge < -0.3 is 0 Å². The van der Waals surface area contributed by atoms with Gasteiger partial charge in [-0.15, -0.1) is 17.7 Å². The zero-order valence-corrected chi connectivity index (χ0v) is 21.4. The number of thiophene rings is 1. The topological polar surface area (TPSA) is 3.01 Å². The summed E-state index contributed by atoms with van der Waals surface area (Å²) in [6.45, 7) is 18.2. The number of benzene rings is 3. The number of fused-ring (bicyclic) bond motifs is 4. The van der Waals surface area contributed by atoms with Crippen molar-refractivity contribution in [2.45, 2.75) is 53.4 Å². The summed E-state index contributed by atoms with van der Waals surface area (Å²) in [5, 5.41) is 4.03. The molecule has 0 bridgehead atoms. The number of hydrogen-bond acceptors (Lipinski definition) is 0. The molecule has 1 aliphatic heterocycles. The quantitative estimate of drug-likeness (QED) is 0.167. The molecule has 33 heavy (non-hydrogen) atoms. The van der Waals surface area contributed by atoms with E-state index in [1.54, 1.807) is 0 Å². The first kappa shape index (κ1) is 22.0. The lowest BCUT2D eigenvalue weighted by molar-refractivity contribution is -0.417. The molecule has 5 rings (SSSR count). The molecule has 1 aromatic heterocycles. The van der Waals surface area contributed by atoms with Crippen LogP contribution >= 0.6 is 11.3 Å². The minimum absolute atomic E-state index is 0.0495. The maximum atomic E-state index is 4.41.